The number of carboxylic acid groups (broad SMARTS) is 1. The zero-order valence-electron chi connectivity index (χ0n) is 24.0. The highest BCUT2D eigenvalue weighted by Gasteiger charge is 2.32. The lowest BCUT2D eigenvalue weighted by Gasteiger charge is -2.30. The van der Waals surface area contributed by atoms with Gasteiger partial charge < -0.3 is 24.8 Å². The molecule has 2 unspecified atom stereocenters. The van der Waals surface area contributed by atoms with Crippen molar-refractivity contribution in [3.63, 3.8) is 0 Å². The zero-order chi connectivity index (χ0) is 28.5. The van der Waals surface area contributed by atoms with E-state index in [4.69, 9.17) is 9.47 Å². The minimum Gasteiger partial charge on any atom is -0.478 e. The minimum atomic E-state index is -0.912. The highest BCUT2D eigenvalue weighted by molar-refractivity contribution is 5.91. The van der Waals surface area contributed by atoms with Crippen molar-refractivity contribution in [3.8, 4) is 0 Å². The number of carboxylic acids is 1. The molecule has 2 N–H and O–H groups in total. The number of amides is 2. The first-order chi connectivity index (χ1) is 18.9. The fourth-order valence-corrected chi connectivity index (χ4v) is 4.68. The Labute approximate surface area is 233 Å². The smallest absolute Gasteiger partial charge is 0.336 e. The summed E-state index contributed by atoms with van der Waals surface area (Å²) in [5.74, 6) is -0.912. The largest absolute Gasteiger partial charge is 0.478 e. The molecule has 2 atom stereocenters. The van der Waals surface area contributed by atoms with Crippen LogP contribution in [0.2, 0.25) is 0 Å². The molecule has 39 heavy (non-hydrogen) atoms. The van der Waals surface area contributed by atoms with Crippen molar-refractivity contribution in [1.82, 2.24) is 10.2 Å². The molecule has 0 bridgehead atoms. The summed E-state index contributed by atoms with van der Waals surface area (Å²) in [7, 11) is 0. The third-order valence-electron chi connectivity index (χ3n) is 7.05. The molecule has 2 amide bonds. The molecule has 0 radical (unpaired) electrons. The van der Waals surface area contributed by atoms with E-state index >= 15 is 0 Å². The standard InChI is InChI=1S/C25H38N2O5.C5H9NO/c1-3-4-13-26-25(30)27(20-11-12-20)14-15-31-21-9-6-10-22(16-21)32-17-19-8-5-7-18(2)23(19)24(28)29;1-2-3-4-6-5-7/h5,7-8,20-22H,3-4,6,9-17H2,1-2H3,(H,26,30)(H,28,29);2-4H2,1H3. The number of carbonyl (C=O) groups excluding carboxylic acids is 2. The summed E-state index contributed by atoms with van der Waals surface area (Å²) < 4.78 is 12.2. The number of aromatic carboxylic acids is 1. The van der Waals surface area contributed by atoms with Crippen molar-refractivity contribution in [3.05, 3.63) is 34.9 Å². The van der Waals surface area contributed by atoms with Crippen molar-refractivity contribution in [2.24, 2.45) is 4.99 Å². The van der Waals surface area contributed by atoms with Crippen LogP contribution in [0.25, 0.3) is 0 Å². The van der Waals surface area contributed by atoms with Crippen molar-refractivity contribution in [2.75, 3.05) is 26.2 Å². The van der Waals surface area contributed by atoms with Crippen LogP contribution in [0, 0.1) is 6.92 Å². The first-order valence-electron chi connectivity index (χ1n) is 14.5. The van der Waals surface area contributed by atoms with Gasteiger partial charge in [0.2, 0.25) is 6.08 Å². The number of unbranched alkanes of at least 4 members (excludes halogenated alkanes) is 2. The van der Waals surface area contributed by atoms with Crippen LogP contribution in [0.4, 0.5) is 4.79 Å². The van der Waals surface area contributed by atoms with Crippen molar-refractivity contribution >= 4 is 18.1 Å². The van der Waals surface area contributed by atoms with Gasteiger partial charge in [-0.25, -0.2) is 19.4 Å². The lowest BCUT2D eigenvalue weighted by molar-refractivity contribution is -0.0526. The van der Waals surface area contributed by atoms with Crippen LogP contribution in [-0.2, 0) is 20.9 Å². The third kappa shape index (κ3) is 12.3. The number of carbonyl (C=O) groups is 2. The van der Waals surface area contributed by atoms with Gasteiger partial charge in [0.05, 0.1) is 37.5 Å². The van der Waals surface area contributed by atoms with Crippen LogP contribution >= 0.6 is 0 Å². The Balaban J connectivity index is 0.000000673. The van der Waals surface area contributed by atoms with Gasteiger partial charge in [0.1, 0.15) is 0 Å². The van der Waals surface area contributed by atoms with Gasteiger partial charge in [-0.3, -0.25) is 0 Å². The van der Waals surface area contributed by atoms with E-state index in [0.29, 0.717) is 37.9 Å². The molecule has 3 rings (SSSR count). The lowest BCUT2D eigenvalue weighted by Crippen LogP contribution is -2.44. The van der Waals surface area contributed by atoms with Gasteiger partial charge in [-0.05, 0) is 69.4 Å². The highest BCUT2D eigenvalue weighted by atomic mass is 16.5. The van der Waals surface area contributed by atoms with E-state index < -0.39 is 5.97 Å². The second kappa shape index (κ2) is 18.5. The normalized spacial score (nSPS) is 18.3. The molecule has 0 aliphatic heterocycles. The van der Waals surface area contributed by atoms with Gasteiger partial charge >= 0.3 is 12.0 Å². The number of ether oxygens (including phenoxy) is 2. The molecule has 2 saturated carbocycles. The number of isocyanates is 1. The lowest BCUT2D eigenvalue weighted by atomic mass is 9.94. The number of urea groups is 1. The molecule has 9 nitrogen and oxygen atoms in total. The molecule has 2 aliphatic rings. The molecule has 2 fully saturated rings. The number of nitrogens with one attached hydrogen (secondary N) is 1. The fraction of sp³-hybridized carbons (Fsp3) is 0.700. The molecule has 218 valence electrons. The molecule has 9 heteroatoms. The molecule has 0 saturated heterocycles. The average Bonchev–Trinajstić information content (AvgIpc) is 3.76. The van der Waals surface area contributed by atoms with Crippen LogP contribution in [0.1, 0.15) is 99.5 Å². The van der Waals surface area contributed by atoms with E-state index in [1.54, 1.807) is 0 Å². The molecule has 0 spiro atoms. The van der Waals surface area contributed by atoms with Crippen LogP contribution in [-0.4, -0.2) is 72.6 Å². The first-order valence-corrected chi connectivity index (χ1v) is 14.5. The summed E-state index contributed by atoms with van der Waals surface area (Å²) in [6.45, 7) is 8.81. The van der Waals surface area contributed by atoms with Crippen LogP contribution in [0.3, 0.4) is 0 Å². The fourth-order valence-electron chi connectivity index (χ4n) is 4.68. The highest BCUT2D eigenvalue weighted by Crippen LogP contribution is 2.28. The van der Waals surface area contributed by atoms with Crippen molar-refractivity contribution < 1.29 is 29.0 Å². The van der Waals surface area contributed by atoms with E-state index in [-0.39, 0.29) is 18.2 Å². The number of nitrogens with zero attached hydrogens (tertiary/aromatic N) is 2. The van der Waals surface area contributed by atoms with Gasteiger partial charge in [-0.1, -0.05) is 44.9 Å². The number of hydrogen-bond donors (Lipinski definition) is 2. The van der Waals surface area contributed by atoms with Crippen LogP contribution in [0.5, 0.6) is 0 Å². The summed E-state index contributed by atoms with van der Waals surface area (Å²) >= 11 is 0. The van der Waals surface area contributed by atoms with Gasteiger partial charge in [-0.2, -0.15) is 0 Å². The maximum absolute atomic E-state index is 12.5. The predicted octanol–water partition coefficient (Wildman–Crippen LogP) is 5.63. The topological polar surface area (TPSA) is 118 Å². The van der Waals surface area contributed by atoms with Crippen LogP contribution in [0.15, 0.2) is 23.2 Å². The van der Waals surface area contributed by atoms with E-state index in [2.05, 4.69) is 24.2 Å². The first kappa shape index (κ1) is 32.5. The molecule has 2 aliphatic carbocycles. The molecular weight excluding hydrogens is 498 g/mol. The molecule has 1 aromatic rings. The van der Waals surface area contributed by atoms with Gasteiger partial charge in [-0.15, -0.1) is 0 Å². The quantitative estimate of drug-likeness (QED) is 0.167. The molecule has 0 aromatic heterocycles. The number of benzene rings is 1. The van der Waals surface area contributed by atoms with E-state index in [9.17, 15) is 19.5 Å². The minimum absolute atomic E-state index is 0.0294. The number of rotatable bonds is 15. The molecule has 0 heterocycles. The van der Waals surface area contributed by atoms with Crippen LogP contribution < -0.4 is 5.32 Å². The van der Waals surface area contributed by atoms with Gasteiger partial charge in [0, 0.05) is 19.1 Å². The summed E-state index contributed by atoms with van der Waals surface area (Å²) in [6.07, 6.45) is 11.8. The Kier molecular flexibility index (Phi) is 15.4. The monoisotopic (exact) mass is 545 g/mol. The Bertz CT molecular complexity index is 929. The molecular formula is C30H47N3O6. The third-order valence-corrected chi connectivity index (χ3v) is 7.05. The summed E-state index contributed by atoms with van der Waals surface area (Å²) in [5.41, 5.74) is 1.81. The number of hydrogen-bond acceptors (Lipinski definition) is 6. The second-order valence-electron chi connectivity index (χ2n) is 10.3. The summed E-state index contributed by atoms with van der Waals surface area (Å²) in [5, 5.41) is 12.5. The van der Waals surface area contributed by atoms with Gasteiger partial charge in [0.25, 0.3) is 0 Å². The van der Waals surface area contributed by atoms with E-state index in [0.717, 1.165) is 81.9 Å². The van der Waals surface area contributed by atoms with Crippen molar-refractivity contribution in [1.29, 1.82) is 0 Å². The Morgan fingerprint density at radius 2 is 1.82 bits per heavy atom. The summed E-state index contributed by atoms with van der Waals surface area (Å²) in [4.78, 5) is 38.7. The van der Waals surface area contributed by atoms with E-state index in [1.165, 1.54) is 6.08 Å². The Hall–Kier alpha value is -2.74. The van der Waals surface area contributed by atoms with E-state index in [1.807, 2.05) is 30.0 Å². The van der Waals surface area contributed by atoms with Crippen molar-refractivity contribution in [2.45, 2.75) is 110 Å². The second-order valence-corrected chi connectivity index (χ2v) is 10.3. The number of aliphatic imine (C=N–C) groups is 1. The maximum atomic E-state index is 12.5. The van der Waals surface area contributed by atoms with Gasteiger partial charge in [0.15, 0.2) is 0 Å². The number of aryl methyl sites for hydroxylation is 1. The average molecular weight is 546 g/mol. The maximum Gasteiger partial charge on any atom is 0.336 e. The predicted molar refractivity (Wildman–Crippen MR) is 151 cm³/mol. The molecule has 1 aromatic carbocycles. The Morgan fingerprint density at radius 1 is 1.10 bits per heavy atom. The zero-order valence-corrected chi connectivity index (χ0v) is 24.0. The summed E-state index contributed by atoms with van der Waals surface area (Å²) in [6, 6.07) is 5.90. The SMILES string of the molecule is CCCCN=C=O.CCCCNC(=O)N(CCOC1CCCC(OCc2cccc(C)c2C(=O)O)C1)C1CC1. The Morgan fingerprint density at radius 3 is 2.46 bits per heavy atom.